The van der Waals surface area contributed by atoms with Gasteiger partial charge in [-0.3, -0.25) is 0 Å². The quantitative estimate of drug-likeness (QED) is 0.864. The Labute approximate surface area is 110 Å². The summed E-state index contributed by atoms with van der Waals surface area (Å²) in [6.45, 7) is 3.48. The van der Waals surface area contributed by atoms with Crippen LogP contribution < -0.4 is 14.8 Å². The number of nitrogens with one attached hydrogen (secondary N) is 1. The highest BCUT2D eigenvalue weighted by Crippen LogP contribution is 2.39. The third-order valence-corrected chi connectivity index (χ3v) is 4.08. The first-order valence-electron chi connectivity index (χ1n) is 6.14. The lowest BCUT2D eigenvalue weighted by atomic mass is 9.91. The summed E-state index contributed by atoms with van der Waals surface area (Å²) in [5, 5.41) is 3.45. The molecule has 17 heavy (non-hydrogen) atoms. The first-order chi connectivity index (χ1) is 8.34. The number of rotatable bonds is 1. The van der Waals surface area contributed by atoms with E-state index in [4.69, 9.17) is 9.47 Å². The molecule has 0 saturated carbocycles. The van der Waals surface area contributed by atoms with Gasteiger partial charge in [-0.05, 0) is 43.0 Å². The zero-order chi connectivity index (χ0) is 11.7. The first kappa shape index (κ1) is 11.4. The van der Waals surface area contributed by atoms with Crippen molar-refractivity contribution < 1.29 is 9.47 Å². The van der Waals surface area contributed by atoms with Crippen LogP contribution >= 0.6 is 15.9 Å². The van der Waals surface area contributed by atoms with Gasteiger partial charge >= 0.3 is 0 Å². The lowest BCUT2D eigenvalue weighted by molar-refractivity contribution is 0.171. The van der Waals surface area contributed by atoms with Crippen molar-refractivity contribution >= 4 is 15.9 Å². The molecule has 92 valence electrons. The van der Waals surface area contributed by atoms with Crippen LogP contribution in [0.25, 0.3) is 0 Å². The Morgan fingerprint density at radius 1 is 1.18 bits per heavy atom. The lowest BCUT2D eigenvalue weighted by Crippen LogP contribution is -2.28. The van der Waals surface area contributed by atoms with Gasteiger partial charge in [0, 0.05) is 11.0 Å². The Hall–Kier alpha value is -0.740. The fourth-order valence-corrected chi connectivity index (χ4v) is 3.16. The second-order valence-corrected chi connectivity index (χ2v) is 5.41. The van der Waals surface area contributed by atoms with Crippen molar-refractivity contribution in [2.45, 2.75) is 18.8 Å². The van der Waals surface area contributed by atoms with Crippen LogP contribution in [0.4, 0.5) is 0 Å². The van der Waals surface area contributed by atoms with Crippen LogP contribution in [-0.4, -0.2) is 26.3 Å². The van der Waals surface area contributed by atoms with Gasteiger partial charge in [-0.2, -0.15) is 0 Å². The maximum atomic E-state index is 5.64. The molecule has 1 aromatic rings. The third kappa shape index (κ3) is 2.29. The molecular formula is C13H16BrNO2. The van der Waals surface area contributed by atoms with E-state index in [-0.39, 0.29) is 0 Å². The average molecular weight is 298 g/mol. The van der Waals surface area contributed by atoms with Crippen molar-refractivity contribution in [2.75, 3.05) is 26.3 Å². The zero-order valence-electron chi connectivity index (χ0n) is 9.67. The van der Waals surface area contributed by atoms with Crippen LogP contribution in [-0.2, 0) is 0 Å². The van der Waals surface area contributed by atoms with E-state index < -0.39 is 0 Å². The van der Waals surface area contributed by atoms with Crippen molar-refractivity contribution in [3.63, 3.8) is 0 Å². The third-order valence-electron chi connectivity index (χ3n) is 3.40. The van der Waals surface area contributed by atoms with E-state index in [0.29, 0.717) is 19.1 Å². The van der Waals surface area contributed by atoms with Gasteiger partial charge in [-0.15, -0.1) is 0 Å². The Morgan fingerprint density at radius 3 is 2.65 bits per heavy atom. The topological polar surface area (TPSA) is 30.5 Å². The van der Waals surface area contributed by atoms with E-state index in [9.17, 15) is 0 Å². The maximum absolute atomic E-state index is 5.64. The van der Waals surface area contributed by atoms with Crippen molar-refractivity contribution in [2.24, 2.45) is 0 Å². The van der Waals surface area contributed by atoms with Gasteiger partial charge in [0.05, 0.1) is 0 Å². The van der Waals surface area contributed by atoms with Gasteiger partial charge in [0.1, 0.15) is 13.2 Å². The van der Waals surface area contributed by atoms with E-state index >= 15 is 0 Å². The lowest BCUT2D eigenvalue weighted by Gasteiger charge is -2.26. The number of fused-ring (bicyclic) bond motifs is 1. The molecular weight excluding hydrogens is 282 g/mol. The second kappa shape index (κ2) is 4.86. The molecule has 0 amide bonds. The van der Waals surface area contributed by atoms with Gasteiger partial charge in [0.15, 0.2) is 11.5 Å². The number of benzene rings is 1. The highest BCUT2D eigenvalue weighted by atomic mass is 79.9. The van der Waals surface area contributed by atoms with E-state index in [2.05, 4.69) is 27.3 Å². The second-order valence-electron chi connectivity index (χ2n) is 4.56. The molecule has 2 aliphatic heterocycles. The molecule has 0 bridgehead atoms. The minimum absolute atomic E-state index is 0.578. The molecule has 3 nitrogen and oxygen atoms in total. The van der Waals surface area contributed by atoms with Crippen LogP contribution in [0.2, 0.25) is 0 Å². The highest BCUT2D eigenvalue weighted by Gasteiger charge is 2.21. The highest BCUT2D eigenvalue weighted by molar-refractivity contribution is 9.10. The molecule has 1 fully saturated rings. The van der Waals surface area contributed by atoms with Crippen LogP contribution in [0.1, 0.15) is 24.3 Å². The molecule has 0 radical (unpaired) electrons. The molecule has 2 heterocycles. The van der Waals surface area contributed by atoms with Crippen molar-refractivity contribution in [3.8, 4) is 11.5 Å². The molecule has 3 rings (SSSR count). The summed E-state index contributed by atoms with van der Waals surface area (Å²) in [4.78, 5) is 0. The Balaban J connectivity index is 1.93. The largest absolute Gasteiger partial charge is 0.486 e. The molecule has 4 heteroatoms. The van der Waals surface area contributed by atoms with Gasteiger partial charge < -0.3 is 14.8 Å². The smallest absolute Gasteiger partial charge is 0.162 e. The van der Waals surface area contributed by atoms with E-state index in [1.807, 2.05) is 6.07 Å². The van der Waals surface area contributed by atoms with E-state index in [1.54, 1.807) is 0 Å². The van der Waals surface area contributed by atoms with Gasteiger partial charge in [0.25, 0.3) is 0 Å². The molecule has 1 unspecified atom stereocenters. The monoisotopic (exact) mass is 297 g/mol. The van der Waals surface area contributed by atoms with Crippen molar-refractivity contribution in [1.82, 2.24) is 5.32 Å². The van der Waals surface area contributed by atoms with Crippen molar-refractivity contribution in [3.05, 3.63) is 22.2 Å². The first-order valence-corrected chi connectivity index (χ1v) is 6.93. The molecule has 1 saturated heterocycles. The maximum Gasteiger partial charge on any atom is 0.162 e. The molecule has 1 N–H and O–H groups in total. The fraction of sp³-hybridized carbons (Fsp3) is 0.538. The predicted octanol–water partition coefficient (Wildman–Crippen LogP) is 2.69. The van der Waals surface area contributed by atoms with Crippen LogP contribution in [0.15, 0.2) is 16.6 Å². The number of halogens is 1. The van der Waals surface area contributed by atoms with Crippen molar-refractivity contribution in [1.29, 1.82) is 0 Å². The summed E-state index contributed by atoms with van der Waals surface area (Å²) in [5.41, 5.74) is 1.33. The normalized spacial score (nSPS) is 23.5. The predicted molar refractivity (Wildman–Crippen MR) is 70.0 cm³/mol. The summed E-state index contributed by atoms with van der Waals surface area (Å²) in [6, 6.07) is 4.18. The van der Waals surface area contributed by atoms with Gasteiger partial charge in [-0.1, -0.05) is 15.9 Å². The van der Waals surface area contributed by atoms with Crippen LogP contribution in [0.3, 0.4) is 0 Å². The number of piperidine rings is 1. The Bertz CT molecular complexity index is 416. The zero-order valence-corrected chi connectivity index (χ0v) is 11.3. The molecule has 0 spiro atoms. The number of ether oxygens (including phenoxy) is 2. The summed E-state index contributed by atoms with van der Waals surface area (Å²) >= 11 is 3.65. The fourth-order valence-electron chi connectivity index (χ4n) is 2.51. The standard InChI is InChI=1S/C13H16BrNO2/c14-11-7-13-12(16-4-5-17-13)6-10(11)9-2-1-3-15-8-9/h6-7,9,15H,1-5,8H2. The molecule has 1 atom stereocenters. The molecule has 2 aliphatic rings. The summed E-state index contributed by atoms with van der Waals surface area (Å²) < 4.78 is 12.4. The van der Waals surface area contributed by atoms with E-state index in [0.717, 1.165) is 29.1 Å². The Kier molecular flexibility index (Phi) is 3.25. The van der Waals surface area contributed by atoms with Gasteiger partial charge in [0.2, 0.25) is 0 Å². The SMILES string of the molecule is Brc1cc2c(cc1C1CCCNC1)OCCO2. The average Bonchev–Trinajstić information content (AvgIpc) is 2.39. The van der Waals surface area contributed by atoms with Crippen LogP contribution in [0.5, 0.6) is 11.5 Å². The number of hydrogen-bond acceptors (Lipinski definition) is 3. The summed E-state index contributed by atoms with van der Waals surface area (Å²) in [6.07, 6.45) is 2.48. The minimum Gasteiger partial charge on any atom is -0.486 e. The summed E-state index contributed by atoms with van der Waals surface area (Å²) in [7, 11) is 0. The molecule has 1 aromatic carbocycles. The number of hydrogen-bond donors (Lipinski definition) is 1. The van der Waals surface area contributed by atoms with Gasteiger partial charge in [-0.25, -0.2) is 0 Å². The van der Waals surface area contributed by atoms with E-state index in [1.165, 1.54) is 18.4 Å². The minimum atomic E-state index is 0.578. The Morgan fingerprint density at radius 2 is 1.94 bits per heavy atom. The summed E-state index contributed by atoms with van der Waals surface area (Å²) in [5.74, 6) is 2.32. The molecule has 0 aromatic heterocycles. The molecule has 0 aliphatic carbocycles. The van der Waals surface area contributed by atoms with Crippen LogP contribution in [0, 0.1) is 0 Å².